The largest absolute Gasteiger partial charge is 0.337 e. The minimum Gasteiger partial charge on any atom is -0.337 e. The van der Waals surface area contributed by atoms with E-state index in [4.69, 9.17) is 5.73 Å². The molecular weight excluding hydrogens is 267 g/mol. The number of aryl methyl sites for hydroxylation is 1. The maximum absolute atomic E-state index is 13.5. The SMILES string of the molecule is CCC(N)C(c1cccc(F)c1)N(C)Cc1nccn1C. The van der Waals surface area contributed by atoms with E-state index in [1.165, 1.54) is 6.07 Å². The Kier molecular flexibility index (Phi) is 5.09. The first kappa shape index (κ1) is 15.7. The Bertz CT molecular complexity index is 581. The van der Waals surface area contributed by atoms with E-state index in [9.17, 15) is 4.39 Å². The van der Waals surface area contributed by atoms with Crippen molar-refractivity contribution in [2.45, 2.75) is 32.0 Å². The summed E-state index contributed by atoms with van der Waals surface area (Å²) in [5.74, 6) is 0.730. The molecule has 1 aromatic heterocycles. The van der Waals surface area contributed by atoms with Crippen molar-refractivity contribution in [2.75, 3.05) is 7.05 Å². The van der Waals surface area contributed by atoms with Crippen molar-refractivity contribution in [1.82, 2.24) is 14.5 Å². The van der Waals surface area contributed by atoms with E-state index in [0.717, 1.165) is 17.8 Å². The van der Waals surface area contributed by atoms with E-state index < -0.39 is 0 Å². The molecule has 114 valence electrons. The molecule has 0 fully saturated rings. The predicted molar refractivity (Wildman–Crippen MR) is 82.1 cm³/mol. The topological polar surface area (TPSA) is 47.1 Å². The zero-order valence-corrected chi connectivity index (χ0v) is 12.8. The smallest absolute Gasteiger partial charge is 0.123 e. The first-order valence-electron chi connectivity index (χ1n) is 7.20. The van der Waals surface area contributed by atoms with Gasteiger partial charge >= 0.3 is 0 Å². The van der Waals surface area contributed by atoms with Crippen LogP contribution in [0.4, 0.5) is 4.39 Å². The second-order valence-corrected chi connectivity index (χ2v) is 5.44. The number of benzene rings is 1. The summed E-state index contributed by atoms with van der Waals surface area (Å²) >= 11 is 0. The molecule has 0 aliphatic carbocycles. The molecular formula is C16H23FN4. The maximum atomic E-state index is 13.5. The summed E-state index contributed by atoms with van der Waals surface area (Å²) in [6, 6.07) is 6.58. The van der Waals surface area contributed by atoms with Crippen molar-refractivity contribution < 1.29 is 4.39 Å². The summed E-state index contributed by atoms with van der Waals surface area (Å²) in [4.78, 5) is 6.47. The van der Waals surface area contributed by atoms with Crippen molar-refractivity contribution >= 4 is 0 Å². The molecule has 0 bridgehead atoms. The quantitative estimate of drug-likeness (QED) is 0.889. The van der Waals surface area contributed by atoms with Crippen LogP contribution in [0.1, 0.15) is 30.8 Å². The van der Waals surface area contributed by atoms with E-state index in [0.29, 0.717) is 6.54 Å². The van der Waals surface area contributed by atoms with Gasteiger partial charge in [-0.05, 0) is 31.2 Å². The molecule has 2 N–H and O–H groups in total. The summed E-state index contributed by atoms with van der Waals surface area (Å²) in [5, 5.41) is 0. The predicted octanol–water partition coefficient (Wildman–Crippen LogP) is 2.47. The van der Waals surface area contributed by atoms with Gasteiger partial charge in [0.15, 0.2) is 0 Å². The van der Waals surface area contributed by atoms with Crippen molar-refractivity contribution in [1.29, 1.82) is 0 Å². The van der Waals surface area contributed by atoms with Crippen LogP contribution in [0.15, 0.2) is 36.7 Å². The highest BCUT2D eigenvalue weighted by molar-refractivity contribution is 5.22. The summed E-state index contributed by atoms with van der Waals surface area (Å²) in [6.45, 7) is 2.71. The van der Waals surface area contributed by atoms with Crippen LogP contribution in [-0.4, -0.2) is 27.5 Å². The molecule has 4 nitrogen and oxygen atoms in total. The van der Waals surface area contributed by atoms with E-state index >= 15 is 0 Å². The first-order chi connectivity index (χ1) is 10.0. The lowest BCUT2D eigenvalue weighted by atomic mass is 9.96. The van der Waals surface area contributed by atoms with Crippen LogP contribution < -0.4 is 5.73 Å². The van der Waals surface area contributed by atoms with Crippen LogP contribution in [0, 0.1) is 5.82 Å². The summed E-state index contributed by atoms with van der Waals surface area (Å²) < 4.78 is 15.5. The molecule has 2 atom stereocenters. The molecule has 0 amide bonds. The third-order valence-corrected chi connectivity index (χ3v) is 3.85. The number of hydrogen-bond acceptors (Lipinski definition) is 3. The van der Waals surface area contributed by atoms with Crippen LogP contribution in [0.3, 0.4) is 0 Å². The Hall–Kier alpha value is -1.72. The number of imidazole rings is 1. The van der Waals surface area contributed by atoms with Crippen molar-refractivity contribution in [3.8, 4) is 0 Å². The number of hydrogen-bond donors (Lipinski definition) is 1. The number of halogens is 1. The van der Waals surface area contributed by atoms with Gasteiger partial charge in [0.05, 0.1) is 12.6 Å². The van der Waals surface area contributed by atoms with Gasteiger partial charge in [0.25, 0.3) is 0 Å². The third-order valence-electron chi connectivity index (χ3n) is 3.85. The highest BCUT2D eigenvalue weighted by Gasteiger charge is 2.24. The van der Waals surface area contributed by atoms with Crippen LogP contribution in [0.25, 0.3) is 0 Å². The monoisotopic (exact) mass is 290 g/mol. The minimum atomic E-state index is -0.230. The zero-order valence-electron chi connectivity index (χ0n) is 12.8. The first-order valence-corrected chi connectivity index (χ1v) is 7.20. The molecule has 5 heteroatoms. The molecule has 1 aromatic carbocycles. The maximum Gasteiger partial charge on any atom is 0.123 e. The van der Waals surface area contributed by atoms with Crippen LogP contribution in [0.2, 0.25) is 0 Å². The minimum absolute atomic E-state index is 0.0394. The summed E-state index contributed by atoms with van der Waals surface area (Å²) in [7, 11) is 3.97. The lowest BCUT2D eigenvalue weighted by molar-refractivity contribution is 0.195. The van der Waals surface area contributed by atoms with E-state index in [1.807, 2.05) is 37.8 Å². The highest BCUT2D eigenvalue weighted by Crippen LogP contribution is 2.25. The summed E-state index contributed by atoms with van der Waals surface area (Å²) in [6.07, 6.45) is 4.52. The molecule has 0 spiro atoms. The van der Waals surface area contributed by atoms with Crippen LogP contribution >= 0.6 is 0 Å². The number of aromatic nitrogens is 2. The van der Waals surface area contributed by atoms with Gasteiger partial charge in [-0.1, -0.05) is 19.1 Å². The second-order valence-electron chi connectivity index (χ2n) is 5.44. The number of nitrogens with two attached hydrogens (primary N) is 1. The van der Waals surface area contributed by atoms with E-state index in [2.05, 4.69) is 9.88 Å². The van der Waals surface area contributed by atoms with Gasteiger partial charge in [-0.3, -0.25) is 4.90 Å². The lowest BCUT2D eigenvalue weighted by Gasteiger charge is -2.32. The molecule has 0 aliphatic heterocycles. The third kappa shape index (κ3) is 3.68. The Morgan fingerprint density at radius 1 is 1.43 bits per heavy atom. The van der Waals surface area contributed by atoms with Gasteiger partial charge in [0, 0.05) is 25.5 Å². The highest BCUT2D eigenvalue weighted by atomic mass is 19.1. The molecule has 1 heterocycles. The molecule has 2 rings (SSSR count). The fourth-order valence-corrected chi connectivity index (χ4v) is 2.61. The molecule has 0 saturated heterocycles. The average molecular weight is 290 g/mol. The summed E-state index contributed by atoms with van der Waals surface area (Å²) in [5.41, 5.74) is 7.18. The molecule has 0 saturated carbocycles. The van der Waals surface area contributed by atoms with Gasteiger partial charge in [-0.2, -0.15) is 0 Å². The van der Waals surface area contributed by atoms with Gasteiger partial charge in [0.1, 0.15) is 11.6 Å². The Balaban J connectivity index is 2.25. The van der Waals surface area contributed by atoms with Crippen LogP contribution in [0.5, 0.6) is 0 Å². The molecule has 0 radical (unpaired) electrons. The Labute approximate surface area is 125 Å². The second kappa shape index (κ2) is 6.83. The normalized spacial score (nSPS) is 14.4. The van der Waals surface area contributed by atoms with Crippen molar-refractivity contribution in [3.63, 3.8) is 0 Å². The van der Waals surface area contributed by atoms with Gasteiger partial charge in [0.2, 0.25) is 0 Å². The van der Waals surface area contributed by atoms with E-state index in [1.54, 1.807) is 18.3 Å². The van der Waals surface area contributed by atoms with E-state index in [-0.39, 0.29) is 17.9 Å². The molecule has 2 aromatic rings. The Morgan fingerprint density at radius 2 is 2.19 bits per heavy atom. The molecule has 2 unspecified atom stereocenters. The average Bonchev–Trinajstić information content (AvgIpc) is 2.84. The Morgan fingerprint density at radius 3 is 2.76 bits per heavy atom. The number of likely N-dealkylation sites (N-methyl/N-ethyl adjacent to an activating group) is 1. The van der Waals surface area contributed by atoms with Gasteiger partial charge in [-0.15, -0.1) is 0 Å². The standard InChI is InChI=1S/C16H23FN4/c1-4-14(18)16(12-6-5-7-13(17)10-12)21(3)11-15-19-8-9-20(15)2/h5-10,14,16H,4,11,18H2,1-3H3. The van der Waals surface area contributed by atoms with Gasteiger partial charge < -0.3 is 10.3 Å². The fraction of sp³-hybridized carbons (Fsp3) is 0.438. The lowest BCUT2D eigenvalue weighted by Crippen LogP contribution is -2.39. The number of rotatable bonds is 6. The van der Waals surface area contributed by atoms with Gasteiger partial charge in [-0.25, -0.2) is 9.37 Å². The number of nitrogens with zero attached hydrogens (tertiary/aromatic N) is 3. The van der Waals surface area contributed by atoms with Crippen LogP contribution in [-0.2, 0) is 13.6 Å². The van der Waals surface area contributed by atoms with Crippen molar-refractivity contribution in [2.24, 2.45) is 12.8 Å². The van der Waals surface area contributed by atoms with Crippen molar-refractivity contribution in [3.05, 3.63) is 53.9 Å². The molecule has 0 aliphatic rings. The fourth-order valence-electron chi connectivity index (χ4n) is 2.61. The zero-order chi connectivity index (χ0) is 15.4. The molecule has 21 heavy (non-hydrogen) atoms.